The third kappa shape index (κ3) is 8.47. The van der Waals surface area contributed by atoms with Crippen LogP contribution in [0.15, 0.2) is 48.8 Å². The van der Waals surface area contributed by atoms with Gasteiger partial charge in [0.25, 0.3) is 0 Å². The number of ether oxygens (including phenoxy) is 2. The van der Waals surface area contributed by atoms with E-state index in [4.69, 9.17) is 15.9 Å². The average molecular weight is 586 g/mol. The van der Waals surface area contributed by atoms with Crippen LogP contribution in [0.5, 0.6) is 11.5 Å². The number of H-pyrrole nitrogens is 1. The number of aromatic amines is 1. The Bertz CT molecular complexity index is 1570. The topological polar surface area (TPSA) is 117 Å². The first-order valence-electron chi connectivity index (χ1n) is 12.7. The molecule has 2 heterocycles. The summed E-state index contributed by atoms with van der Waals surface area (Å²) in [4.78, 5) is 22.2. The third-order valence-electron chi connectivity index (χ3n) is 5.94. The van der Waals surface area contributed by atoms with Gasteiger partial charge >= 0.3 is 6.18 Å². The molecule has 0 saturated heterocycles. The minimum absolute atomic E-state index is 0.0222. The summed E-state index contributed by atoms with van der Waals surface area (Å²) in [5.74, 6) is 0.788. The summed E-state index contributed by atoms with van der Waals surface area (Å²) < 4.78 is 62.1. The molecule has 2 aromatic heterocycles. The van der Waals surface area contributed by atoms with Crippen molar-refractivity contribution >= 4 is 34.1 Å². The van der Waals surface area contributed by atoms with Gasteiger partial charge in [-0.2, -0.15) is 18.3 Å². The second-order valence-corrected chi connectivity index (χ2v) is 9.06. The molecule has 4 rings (SSSR count). The molecule has 3 N–H and O–H groups in total. The molecule has 2 aromatic carbocycles. The van der Waals surface area contributed by atoms with E-state index in [9.17, 15) is 22.4 Å². The lowest BCUT2D eigenvalue weighted by molar-refractivity contribution is -0.136. The molecule has 0 aliphatic carbocycles. The zero-order valence-electron chi connectivity index (χ0n) is 22.5. The van der Waals surface area contributed by atoms with Crippen LogP contribution in [0.3, 0.4) is 0 Å². The number of carbonyl (C=O) groups is 1. The highest BCUT2D eigenvalue weighted by molar-refractivity contribution is 5.93. The SMILES string of the molecule is C#CN(CCCOc1cc2ncnc(Nc3cc(CC(=O)Nc4cccc(F)c4)[nH]n3)c2cc1OC)CCC(F)(F)F. The first-order chi connectivity index (χ1) is 20.1. The maximum absolute atomic E-state index is 13.4. The standard InChI is InChI=1S/C28H27F4N7O3/c1-3-39(10-8-28(30,31)32)9-5-11-42-24-16-22-21(15-23(24)41-2)27(34-17-33-22)36-25-13-20(37-38-25)14-26(40)35-19-7-4-6-18(29)12-19/h1,4,6-7,12-13,15-17H,5,8-11,14H2,2H3,(H,35,40)(H2,33,34,36,37,38). The average Bonchev–Trinajstić information content (AvgIpc) is 3.38. The van der Waals surface area contributed by atoms with Crippen molar-refractivity contribution in [2.24, 2.45) is 0 Å². The quantitative estimate of drug-likeness (QED) is 0.0865. The van der Waals surface area contributed by atoms with Crippen LogP contribution in [-0.2, 0) is 11.2 Å². The van der Waals surface area contributed by atoms with Gasteiger partial charge in [-0.25, -0.2) is 14.4 Å². The minimum atomic E-state index is -4.28. The third-order valence-corrected chi connectivity index (χ3v) is 5.94. The molecule has 0 unspecified atom stereocenters. The first-order valence-corrected chi connectivity index (χ1v) is 12.7. The van der Waals surface area contributed by atoms with Crippen LogP contribution in [-0.4, -0.2) is 64.0 Å². The van der Waals surface area contributed by atoms with Crippen LogP contribution in [0, 0.1) is 18.3 Å². The number of amides is 1. The number of aromatic nitrogens is 4. The minimum Gasteiger partial charge on any atom is -0.493 e. The van der Waals surface area contributed by atoms with Gasteiger partial charge in [-0.1, -0.05) is 12.5 Å². The van der Waals surface area contributed by atoms with E-state index in [0.717, 1.165) is 0 Å². The largest absolute Gasteiger partial charge is 0.493 e. The Labute approximate surface area is 238 Å². The highest BCUT2D eigenvalue weighted by atomic mass is 19.4. The summed E-state index contributed by atoms with van der Waals surface area (Å²) >= 11 is 0. The van der Waals surface area contributed by atoms with Gasteiger partial charge in [-0.15, -0.1) is 0 Å². The van der Waals surface area contributed by atoms with E-state index in [-0.39, 0.29) is 32.0 Å². The van der Waals surface area contributed by atoms with Crippen molar-refractivity contribution in [1.29, 1.82) is 0 Å². The second-order valence-electron chi connectivity index (χ2n) is 9.06. The molecular formula is C28H27F4N7O3. The molecule has 220 valence electrons. The zero-order chi connectivity index (χ0) is 30.1. The van der Waals surface area contributed by atoms with Gasteiger partial charge in [-0.05, 0) is 30.7 Å². The van der Waals surface area contributed by atoms with E-state index in [1.807, 2.05) is 0 Å². The summed E-state index contributed by atoms with van der Waals surface area (Å²) in [5, 5.41) is 13.3. The predicted octanol–water partition coefficient (Wildman–Crippen LogP) is 5.04. The summed E-state index contributed by atoms with van der Waals surface area (Å²) in [5.41, 5.74) is 1.39. The summed E-state index contributed by atoms with van der Waals surface area (Å²) in [6.45, 7) is 0.132. The van der Waals surface area contributed by atoms with Crippen LogP contribution in [0.25, 0.3) is 10.9 Å². The molecule has 14 heteroatoms. The molecule has 42 heavy (non-hydrogen) atoms. The molecule has 0 atom stereocenters. The van der Waals surface area contributed by atoms with Crippen LogP contribution in [0.1, 0.15) is 18.5 Å². The number of hydrogen-bond acceptors (Lipinski definition) is 8. The summed E-state index contributed by atoms with van der Waals surface area (Å²) in [7, 11) is 1.47. The number of nitrogens with zero attached hydrogens (tertiary/aromatic N) is 4. The smallest absolute Gasteiger partial charge is 0.390 e. The lowest BCUT2D eigenvalue weighted by Gasteiger charge is -2.19. The number of nitrogens with one attached hydrogen (secondary N) is 3. The maximum atomic E-state index is 13.4. The Kier molecular flexibility index (Phi) is 9.64. The van der Waals surface area contributed by atoms with E-state index >= 15 is 0 Å². The molecule has 0 fully saturated rings. The Balaban J connectivity index is 1.38. The van der Waals surface area contributed by atoms with Crippen molar-refractivity contribution in [1.82, 2.24) is 25.1 Å². The number of hydrogen-bond donors (Lipinski definition) is 3. The van der Waals surface area contributed by atoms with Crippen LogP contribution in [0.2, 0.25) is 0 Å². The Morgan fingerprint density at radius 3 is 2.71 bits per heavy atom. The Morgan fingerprint density at radius 1 is 1.14 bits per heavy atom. The molecule has 10 nitrogen and oxygen atoms in total. The van der Waals surface area contributed by atoms with Gasteiger partial charge in [0.05, 0.1) is 32.1 Å². The fraction of sp³-hybridized carbons (Fsp3) is 0.286. The summed E-state index contributed by atoms with van der Waals surface area (Å²) in [6.07, 6.45) is 1.78. The number of anilines is 3. The second kappa shape index (κ2) is 13.5. The fourth-order valence-corrected chi connectivity index (χ4v) is 3.96. The molecular weight excluding hydrogens is 558 g/mol. The van der Waals surface area contributed by atoms with E-state index < -0.39 is 18.4 Å². The van der Waals surface area contributed by atoms with Crippen molar-refractivity contribution in [2.45, 2.75) is 25.4 Å². The first kappa shape index (κ1) is 29.9. The number of methoxy groups -OCH3 is 1. The van der Waals surface area contributed by atoms with E-state index in [1.165, 1.54) is 36.5 Å². The number of alkyl halides is 3. The van der Waals surface area contributed by atoms with E-state index in [0.29, 0.717) is 51.8 Å². The highest BCUT2D eigenvalue weighted by Crippen LogP contribution is 2.34. The zero-order valence-corrected chi connectivity index (χ0v) is 22.5. The van der Waals surface area contributed by atoms with Gasteiger partial charge in [0.1, 0.15) is 18.0 Å². The molecule has 0 aliphatic heterocycles. The Hall–Kier alpha value is -5.06. The number of halogens is 4. The predicted molar refractivity (Wildman–Crippen MR) is 148 cm³/mol. The highest BCUT2D eigenvalue weighted by Gasteiger charge is 2.27. The number of carbonyl (C=O) groups excluding carboxylic acids is 1. The van der Waals surface area contributed by atoms with Crippen molar-refractivity contribution in [3.05, 3.63) is 60.3 Å². The van der Waals surface area contributed by atoms with Gasteiger partial charge < -0.3 is 25.0 Å². The van der Waals surface area contributed by atoms with Gasteiger partial charge in [0, 0.05) is 48.0 Å². The fourth-order valence-electron chi connectivity index (χ4n) is 3.96. The number of terminal acetylenes is 1. The lowest BCUT2D eigenvalue weighted by Crippen LogP contribution is -2.26. The number of rotatable bonds is 13. The normalized spacial score (nSPS) is 11.1. The van der Waals surface area contributed by atoms with Crippen molar-refractivity contribution in [2.75, 3.05) is 37.4 Å². The molecule has 1 amide bonds. The van der Waals surface area contributed by atoms with Gasteiger partial charge in [0.15, 0.2) is 17.3 Å². The molecule has 0 aliphatic rings. The van der Waals surface area contributed by atoms with Crippen molar-refractivity contribution in [3.8, 4) is 24.0 Å². The molecule has 0 bridgehead atoms. The number of fused-ring (bicyclic) bond motifs is 1. The summed E-state index contributed by atoms with van der Waals surface area (Å²) in [6, 6.07) is 12.8. The van der Waals surface area contributed by atoms with Crippen LogP contribution >= 0.6 is 0 Å². The van der Waals surface area contributed by atoms with E-state index in [2.05, 4.69) is 36.8 Å². The van der Waals surface area contributed by atoms with Crippen molar-refractivity contribution < 1.29 is 31.8 Å². The monoisotopic (exact) mass is 585 g/mol. The van der Waals surface area contributed by atoms with Crippen LogP contribution in [0.4, 0.5) is 34.9 Å². The lowest BCUT2D eigenvalue weighted by atomic mass is 10.2. The van der Waals surface area contributed by atoms with Gasteiger partial charge in [0.2, 0.25) is 5.91 Å². The molecule has 0 spiro atoms. The van der Waals surface area contributed by atoms with Crippen LogP contribution < -0.4 is 20.1 Å². The molecule has 0 saturated carbocycles. The van der Waals surface area contributed by atoms with Crippen molar-refractivity contribution in [3.63, 3.8) is 0 Å². The number of benzene rings is 2. The van der Waals surface area contributed by atoms with E-state index in [1.54, 1.807) is 24.3 Å². The Morgan fingerprint density at radius 2 is 1.98 bits per heavy atom. The molecule has 4 aromatic rings. The van der Waals surface area contributed by atoms with Gasteiger partial charge in [-0.3, -0.25) is 9.89 Å². The molecule has 0 radical (unpaired) electrons. The maximum Gasteiger partial charge on any atom is 0.390 e.